The number of nitrogen functional groups attached to an aromatic ring is 1. The lowest BCUT2D eigenvalue weighted by atomic mass is 10.3. The molecule has 0 aliphatic carbocycles. The SMILES string of the molecule is CN(Cc1ccncc1)S(=O)(=O)c1cn[nH]c1N. The topological polar surface area (TPSA) is 105 Å². The molecule has 2 aromatic heterocycles. The lowest BCUT2D eigenvalue weighted by Gasteiger charge is -2.16. The standard InChI is InChI=1S/C10H13N5O2S/c1-15(7-8-2-4-12-5-3-8)18(16,17)9-6-13-14-10(9)11/h2-6H,7H2,1H3,(H3,11,13,14). The zero-order chi connectivity index (χ0) is 13.2. The fourth-order valence-corrected chi connectivity index (χ4v) is 2.65. The van der Waals surface area contributed by atoms with Crippen molar-refractivity contribution in [2.24, 2.45) is 0 Å². The average Bonchev–Trinajstić information content (AvgIpc) is 2.77. The first-order valence-corrected chi connectivity index (χ1v) is 6.60. The fourth-order valence-electron chi connectivity index (χ4n) is 1.49. The van der Waals surface area contributed by atoms with Crippen LogP contribution in [0.15, 0.2) is 35.6 Å². The summed E-state index contributed by atoms with van der Waals surface area (Å²) < 4.78 is 25.6. The van der Waals surface area contributed by atoms with E-state index in [0.717, 1.165) is 5.56 Å². The van der Waals surface area contributed by atoms with Crippen molar-refractivity contribution in [3.63, 3.8) is 0 Å². The Hall–Kier alpha value is -1.93. The second kappa shape index (κ2) is 4.75. The summed E-state index contributed by atoms with van der Waals surface area (Å²) >= 11 is 0. The van der Waals surface area contributed by atoms with Crippen molar-refractivity contribution < 1.29 is 8.42 Å². The van der Waals surface area contributed by atoms with Crippen LogP contribution in [0.25, 0.3) is 0 Å². The fraction of sp³-hybridized carbons (Fsp3) is 0.200. The molecule has 7 nitrogen and oxygen atoms in total. The minimum absolute atomic E-state index is 0.0148. The van der Waals surface area contributed by atoms with Crippen molar-refractivity contribution in [3.8, 4) is 0 Å². The Morgan fingerprint density at radius 2 is 2.06 bits per heavy atom. The number of rotatable bonds is 4. The molecule has 0 saturated carbocycles. The van der Waals surface area contributed by atoms with Crippen molar-refractivity contribution in [3.05, 3.63) is 36.3 Å². The second-order valence-electron chi connectivity index (χ2n) is 3.76. The number of aromatic nitrogens is 3. The number of anilines is 1. The number of pyridine rings is 1. The lowest BCUT2D eigenvalue weighted by molar-refractivity contribution is 0.467. The van der Waals surface area contributed by atoms with Crippen LogP contribution in [-0.4, -0.2) is 35.0 Å². The van der Waals surface area contributed by atoms with Crippen molar-refractivity contribution in [2.75, 3.05) is 12.8 Å². The average molecular weight is 267 g/mol. The molecule has 0 radical (unpaired) electrons. The van der Waals surface area contributed by atoms with Gasteiger partial charge in [-0.1, -0.05) is 0 Å². The smallest absolute Gasteiger partial charge is 0.248 e. The van der Waals surface area contributed by atoms with E-state index in [1.807, 2.05) is 0 Å². The van der Waals surface area contributed by atoms with Gasteiger partial charge in [0.05, 0.1) is 6.20 Å². The minimum atomic E-state index is -3.63. The van der Waals surface area contributed by atoms with E-state index in [1.165, 1.54) is 17.5 Å². The van der Waals surface area contributed by atoms with Gasteiger partial charge in [0.1, 0.15) is 10.7 Å². The summed E-state index contributed by atoms with van der Waals surface area (Å²) in [4.78, 5) is 3.86. The molecular formula is C10H13N5O2S. The van der Waals surface area contributed by atoms with Crippen molar-refractivity contribution in [1.82, 2.24) is 19.5 Å². The van der Waals surface area contributed by atoms with Gasteiger partial charge in [-0.15, -0.1) is 0 Å². The van der Waals surface area contributed by atoms with E-state index in [1.54, 1.807) is 24.5 Å². The third-order valence-electron chi connectivity index (χ3n) is 2.48. The number of nitrogens with two attached hydrogens (primary N) is 1. The molecular weight excluding hydrogens is 254 g/mol. The van der Waals surface area contributed by atoms with E-state index in [2.05, 4.69) is 15.2 Å². The van der Waals surface area contributed by atoms with E-state index < -0.39 is 10.0 Å². The van der Waals surface area contributed by atoms with Gasteiger partial charge in [0.15, 0.2) is 0 Å². The third-order valence-corrected chi connectivity index (χ3v) is 4.31. The summed E-state index contributed by atoms with van der Waals surface area (Å²) in [6.45, 7) is 0.246. The highest BCUT2D eigenvalue weighted by atomic mass is 32.2. The first kappa shape index (κ1) is 12.5. The van der Waals surface area contributed by atoms with Gasteiger partial charge in [-0.05, 0) is 17.7 Å². The minimum Gasteiger partial charge on any atom is -0.383 e. The van der Waals surface area contributed by atoms with Crippen LogP contribution in [0.5, 0.6) is 0 Å². The predicted octanol–water partition coefficient (Wildman–Crippen LogP) is 0.208. The normalized spacial score (nSPS) is 11.9. The van der Waals surface area contributed by atoms with Crippen LogP contribution >= 0.6 is 0 Å². The maximum Gasteiger partial charge on any atom is 0.248 e. The maximum atomic E-state index is 12.2. The Balaban J connectivity index is 2.24. The van der Waals surface area contributed by atoms with Crippen LogP contribution in [-0.2, 0) is 16.6 Å². The first-order valence-electron chi connectivity index (χ1n) is 5.16. The molecule has 0 spiro atoms. The molecule has 0 bridgehead atoms. The molecule has 0 fully saturated rings. The number of aromatic amines is 1. The summed E-state index contributed by atoms with van der Waals surface area (Å²) in [5.74, 6) is 0.0385. The van der Waals surface area contributed by atoms with E-state index in [9.17, 15) is 8.42 Å². The van der Waals surface area contributed by atoms with Crippen LogP contribution in [0.4, 0.5) is 5.82 Å². The third kappa shape index (κ3) is 2.34. The van der Waals surface area contributed by atoms with Gasteiger partial charge >= 0.3 is 0 Å². The summed E-state index contributed by atoms with van der Waals surface area (Å²) in [6, 6.07) is 3.51. The van der Waals surface area contributed by atoms with Crippen LogP contribution in [0.1, 0.15) is 5.56 Å². The quantitative estimate of drug-likeness (QED) is 0.823. The Morgan fingerprint density at radius 3 is 2.61 bits per heavy atom. The summed E-state index contributed by atoms with van der Waals surface area (Å²) in [7, 11) is -2.14. The van der Waals surface area contributed by atoms with Gasteiger partial charge in [-0.2, -0.15) is 9.40 Å². The molecule has 2 heterocycles. The molecule has 18 heavy (non-hydrogen) atoms. The highest BCUT2D eigenvalue weighted by molar-refractivity contribution is 7.89. The number of H-pyrrole nitrogens is 1. The van der Waals surface area contributed by atoms with Crippen molar-refractivity contribution >= 4 is 15.8 Å². The highest BCUT2D eigenvalue weighted by Crippen LogP contribution is 2.19. The van der Waals surface area contributed by atoms with E-state index in [0.29, 0.717) is 0 Å². The number of nitrogens with one attached hydrogen (secondary N) is 1. The van der Waals surface area contributed by atoms with E-state index in [4.69, 9.17) is 5.73 Å². The van der Waals surface area contributed by atoms with Gasteiger partial charge in [-0.3, -0.25) is 10.1 Å². The van der Waals surface area contributed by atoms with Gasteiger partial charge in [0.25, 0.3) is 0 Å². The molecule has 0 amide bonds. The molecule has 0 saturated heterocycles. The number of nitrogens with zero attached hydrogens (tertiary/aromatic N) is 3. The van der Waals surface area contributed by atoms with Crippen LogP contribution < -0.4 is 5.73 Å². The summed E-state index contributed by atoms with van der Waals surface area (Å²) in [5.41, 5.74) is 6.37. The molecule has 2 aromatic rings. The Labute approximate surface area is 105 Å². The Kier molecular flexibility index (Phi) is 3.30. The Bertz CT molecular complexity index is 623. The summed E-state index contributed by atoms with van der Waals surface area (Å²) in [6.07, 6.45) is 4.43. The number of sulfonamides is 1. The van der Waals surface area contributed by atoms with Gasteiger partial charge in [0.2, 0.25) is 10.0 Å². The second-order valence-corrected chi connectivity index (χ2v) is 5.78. The van der Waals surface area contributed by atoms with Gasteiger partial charge < -0.3 is 5.73 Å². The molecule has 2 rings (SSSR count). The molecule has 0 unspecified atom stereocenters. The molecule has 3 N–H and O–H groups in total. The monoisotopic (exact) mass is 267 g/mol. The number of hydrogen-bond donors (Lipinski definition) is 2. The number of hydrogen-bond acceptors (Lipinski definition) is 5. The van der Waals surface area contributed by atoms with Crippen molar-refractivity contribution in [2.45, 2.75) is 11.4 Å². The summed E-state index contributed by atoms with van der Waals surface area (Å²) in [5, 5.41) is 6.02. The lowest BCUT2D eigenvalue weighted by Crippen LogP contribution is -2.26. The zero-order valence-corrected chi connectivity index (χ0v) is 10.6. The predicted molar refractivity (Wildman–Crippen MR) is 65.9 cm³/mol. The molecule has 8 heteroatoms. The maximum absolute atomic E-state index is 12.2. The first-order chi connectivity index (χ1) is 8.51. The largest absolute Gasteiger partial charge is 0.383 e. The van der Waals surface area contributed by atoms with Crippen LogP contribution in [0, 0.1) is 0 Å². The van der Waals surface area contributed by atoms with Gasteiger partial charge in [-0.25, -0.2) is 8.42 Å². The molecule has 0 aromatic carbocycles. The zero-order valence-electron chi connectivity index (χ0n) is 9.74. The van der Waals surface area contributed by atoms with Crippen LogP contribution in [0.2, 0.25) is 0 Å². The van der Waals surface area contributed by atoms with Gasteiger partial charge in [0, 0.05) is 26.0 Å². The molecule has 0 aliphatic heterocycles. The van der Waals surface area contributed by atoms with Crippen molar-refractivity contribution in [1.29, 1.82) is 0 Å². The van der Waals surface area contributed by atoms with E-state index in [-0.39, 0.29) is 17.3 Å². The molecule has 0 aliphatic rings. The van der Waals surface area contributed by atoms with E-state index >= 15 is 0 Å². The molecule has 0 atom stereocenters. The highest BCUT2D eigenvalue weighted by Gasteiger charge is 2.24. The Morgan fingerprint density at radius 1 is 1.39 bits per heavy atom. The van der Waals surface area contributed by atoms with Crippen LogP contribution in [0.3, 0.4) is 0 Å². The molecule has 96 valence electrons.